The molecule has 1 saturated heterocycles. The van der Waals surface area contributed by atoms with Crippen molar-refractivity contribution in [2.75, 3.05) is 11.4 Å². The summed E-state index contributed by atoms with van der Waals surface area (Å²) in [6, 6.07) is -0.481. The van der Waals surface area contributed by atoms with Gasteiger partial charge < -0.3 is 5.32 Å². The Morgan fingerprint density at radius 1 is 1.53 bits per heavy atom. The number of amides is 2. The number of carbonyl (C=O) groups excluding carboxylic acids is 2. The molecular formula is C11H16N4O2. The van der Waals surface area contributed by atoms with E-state index in [2.05, 4.69) is 10.4 Å². The number of rotatable bonds is 2. The van der Waals surface area contributed by atoms with Crippen molar-refractivity contribution in [2.45, 2.75) is 26.3 Å². The Morgan fingerprint density at radius 3 is 2.88 bits per heavy atom. The zero-order valence-electron chi connectivity index (χ0n) is 10.2. The van der Waals surface area contributed by atoms with E-state index in [9.17, 15) is 9.59 Å². The number of anilines is 1. The van der Waals surface area contributed by atoms with E-state index in [4.69, 9.17) is 0 Å². The minimum atomic E-state index is -0.481. The number of carbonyl (C=O) groups is 2. The standard InChI is InChI=1S/C11H16N4O2/c1-4-8-9(6-14(3)13-8)15-7(2)11(17)12-5-10(15)16/h6-7H,4-5H2,1-3H3,(H,12,17). The summed E-state index contributed by atoms with van der Waals surface area (Å²) >= 11 is 0. The van der Waals surface area contributed by atoms with Crippen molar-refractivity contribution in [3.05, 3.63) is 11.9 Å². The summed E-state index contributed by atoms with van der Waals surface area (Å²) in [6.07, 6.45) is 2.51. The van der Waals surface area contributed by atoms with E-state index in [1.54, 1.807) is 17.8 Å². The van der Waals surface area contributed by atoms with Gasteiger partial charge in [0.05, 0.1) is 17.9 Å². The monoisotopic (exact) mass is 236 g/mol. The molecule has 0 radical (unpaired) electrons. The molecule has 2 rings (SSSR count). The molecule has 0 bridgehead atoms. The van der Waals surface area contributed by atoms with Crippen LogP contribution in [0.4, 0.5) is 5.69 Å². The molecule has 92 valence electrons. The Morgan fingerprint density at radius 2 is 2.24 bits per heavy atom. The summed E-state index contributed by atoms with van der Waals surface area (Å²) in [5.74, 6) is -0.227. The molecule has 0 aromatic carbocycles. The van der Waals surface area contributed by atoms with E-state index in [0.29, 0.717) is 0 Å². The molecule has 1 unspecified atom stereocenters. The van der Waals surface area contributed by atoms with Gasteiger partial charge in [0.1, 0.15) is 6.04 Å². The summed E-state index contributed by atoms with van der Waals surface area (Å²) in [5.41, 5.74) is 1.57. The van der Waals surface area contributed by atoms with Gasteiger partial charge in [-0.15, -0.1) is 0 Å². The van der Waals surface area contributed by atoms with Gasteiger partial charge in [-0.05, 0) is 13.3 Å². The van der Waals surface area contributed by atoms with Gasteiger partial charge in [0.15, 0.2) is 0 Å². The highest BCUT2D eigenvalue weighted by molar-refractivity contribution is 6.06. The van der Waals surface area contributed by atoms with Crippen molar-refractivity contribution in [2.24, 2.45) is 7.05 Å². The van der Waals surface area contributed by atoms with Crippen molar-refractivity contribution >= 4 is 17.5 Å². The smallest absolute Gasteiger partial charge is 0.247 e. The molecule has 1 atom stereocenters. The Bertz CT molecular complexity index is 466. The van der Waals surface area contributed by atoms with Crippen LogP contribution in [-0.2, 0) is 23.1 Å². The lowest BCUT2D eigenvalue weighted by Gasteiger charge is -2.32. The van der Waals surface area contributed by atoms with E-state index in [1.807, 2.05) is 14.0 Å². The number of aryl methyl sites for hydroxylation is 2. The molecule has 1 aliphatic heterocycles. The van der Waals surface area contributed by atoms with Crippen LogP contribution in [0, 0.1) is 0 Å². The maximum absolute atomic E-state index is 11.9. The average Bonchev–Trinajstić information content (AvgIpc) is 2.66. The van der Waals surface area contributed by atoms with Gasteiger partial charge in [-0.1, -0.05) is 6.92 Å². The zero-order valence-corrected chi connectivity index (χ0v) is 10.2. The van der Waals surface area contributed by atoms with Crippen LogP contribution in [0.5, 0.6) is 0 Å². The molecule has 1 aliphatic rings. The van der Waals surface area contributed by atoms with Gasteiger partial charge in [0, 0.05) is 13.2 Å². The molecular weight excluding hydrogens is 220 g/mol. The normalized spacial score (nSPS) is 20.6. The Kier molecular flexibility index (Phi) is 2.87. The van der Waals surface area contributed by atoms with Gasteiger partial charge in [-0.25, -0.2) is 0 Å². The van der Waals surface area contributed by atoms with Crippen LogP contribution in [-0.4, -0.2) is 34.2 Å². The number of aromatic nitrogens is 2. The Hall–Kier alpha value is -1.85. The van der Waals surface area contributed by atoms with Crippen molar-refractivity contribution in [1.82, 2.24) is 15.1 Å². The zero-order chi connectivity index (χ0) is 12.6. The molecule has 0 saturated carbocycles. The van der Waals surface area contributed by atoms with E-state index < -0.39 is 6.04 Å². The van der Waals surface area contributed by atoms with E-state index >= 15 is 0 Å². The van der Waals surface area contributed by atoms with Gasteiger partial charge in [0.2, 0.25) is 11.8 Å². The first-order valence-electron chi connectivity index (χ1n) is 5.67. The quantitative estimate of drug-likeness (QED) is 0.775. The molecule has 0 spiro atoms. The molecule has 1 aromatic heterocycles. The van der Waals surface area contributed by atoms with E-state index in [1.165, 1.54) is 4.90 Å². The highest BCUT2D eigenvalue weighted by Crippen LogP contribution is 2.23. The predicted octanol–water partition coefficient (Wildman–Crippen LogP) is -0.166. The van der Waals surface area contributed by atoms with Crippen LogP contribution in [0.1, 0.15) is 19.5 Å². The molecule has 0 aliphatic carbocycles. The summed E-state index contributed by atoms with van der Waals surface area (Å²) in [6.45, 7) is 3.76. The number of hydrogen-bond donors (Lipinski definition) is 1. The third-order valence-electron chi connectivity index (χ3n) is 2.93. The fraction of sp³-hybridized carbons (Fsp3) is 0.545. The average molecular weight is 236 g/mol. The van der Waals surface area contributed by atoms with E-state index in [-0.39, 0.29) is 18.4 Å². The van der Waals surface area contributed by atoms with Gasteiger partial charge in [-0.2, -0.15) is 5.10 Å². The van der Waals surface area contributed by atoms with E-state index in [0.717, 1.165) is 17.8 Å². The lowest BCUT2D eigenvalue weighted by molar-refractivity contribution is -0.130. The number of piperazine rings is 1. The molecule has 1 aromatic rings. The second kappa shape index (κ2) is 4.20. The van der Waals surface area contributed by atoms with Crippen molar-refractivity contribution in [3.8, 4) is 0 Å². The Balaban J connectivity index is 2.42. The summed E-state index contributed by atoms with van der Waals surface area (Å²) < 4.78 is 1.67. The second-order valence-electron chi connectivity index (χ2n) is 4.15. The van der Waals surface area contributed by atoms with Crippen LogP contribution in [0.25, 0.3) is 0 Å². The first-order chi connectivity index (χ1) is 8.04. The van der Waals surface area contributed by atoms with Crippen molar-refractivity contribution in [1.29, 1.82) is 0 Å². The van der Waals surface area contributed by atoms with Crippen molar-refractivity contribution < 1.29 is 9.59 Å². The van der Waals surface area contributed by atoms with Crippen LogP contribution < -0.4 is 10.2 Å². The topological polar surface area (TPSA) is 67.2 Å². The summed E-state index contributed by atoms with van der Waals surface area (Å²) in [4.78, 5) is 25.0. The van der Waals surface area contributed by atoms with Crippen LogP contribution in [0.15, 0.2) is 6.20 Å². The molecule has 2 amide bonds. The minimum Gasteiger partial charge on any atom is -0.345 e. The number of hydrogen-bond acceptors (Lipinski definition) is 3. The Labute approximate surface area is 99.6 Å². The van der Waals surface area contributed by atoms with Crippen molar-refractivity contribution in [3.63, 3.8) is 0 Å². The number of nitrogens with zero attached hydrogens (tertiary/aromatic N) is 3. The molecule has 1 fully saturated rings. The molecule has 6 nitrogen and oxygen atoms in total. The first-order valence-corrected chi connectivity index (χ1v) is 5.67. The van der Waals surface area contributed by atoms with Crippen LogP contribution in [0.2, 0.25) is 0 Å². The lowest BCUT2D eigenvalue weighted by atomic mass is 10.1. The third-order valence-corrected chi connectivity index (χ3v) is 2.93. The van der Waals surface area contributed by atoms with Crippen LogP contribution >= 0.6 is 0 Å². The largest absolute Gasteiger partial charge is 0.345 e. The molecule has 6 heteroatoms. The first kappa shape index (κ1) is 11.6. The summed E-state index contributed by atoms with van der Waals surface area (Å²) in [7, 11) is 1.81. The number of nitrogens with one attached hydrogen (secondary N) is 1. The SMILES string of the molecule is CCc1nn(C)cc1N1C(=O)CNC(=O)C1C. The fourth-order valence-electron chi connectivity index (χ4n) is 2.05. The molecule has 1 N–H and O–H groups in total. The van der Waals surface area contributed by atoms with Gasteiger partial charge in [0.25, 0.3) is 0 Å². The van der Waals surface area contributed by atoms with Gasteiger partial charge in [-0.3, -0.25) is 19.2 Å². The predicted molar refractivity (Wildman–Crippen MR) is 62.5 cm³/mol. The highest BCUT2D eigenvalue weighted by atomic mass is 16.2. The fourth-order valence-corrected chi connectivity index (χ4v) is 2.05. The molecule has 17 heavy (non-hydrogen) atoms. The van der Waals surface area contributed by atoms with Gasteiger partial charge >= 0.3 is 0 Å². The maximum atomic E-state index is 11.9. The second-order valence-corrected chi connectivity index (χ2v) is 4.15. The van der Waals surface area contributed by atoms with Crippen LogP contribution in [0.3, 0.4) is 0 Å². The minimum absolute atomic E-state index is 0.0568. The molecule has 2 heterocycles. The highest BCUT2D eigenvalue weighted by Gasteiger charge is 2.34. The summed E-state index contributed by atoms with van der Waals surface area (Å²) in [5, 5.41) is 6.86. The lowest BCUT2D eigenvalue weighted by Crippen LogP contribution is -2.57. The third kappa shape index (κ3) is 1.90. The maximum Gasteiger partial charge on any atom is 0.247 e.